The van der Waals surface area contributed by atoms with Gasteiger partial charge in [-0.1, -0.05) is 19.9 Å². The zero-order chi connectivity index (χ0) is 17.5. The first-order chi connectivity index (χ1) is 11.4. The molecular weight excluding hydrogens is 315 g/mol. The standard InChI is InChI=1S/C19H18F3NO/c1-3-19(2)9-10-23(16-8-7-12(20)11-13(16)19)18(24)17-14(21)5-4-6-15(17)22/h4-8,11H,3,9-10H2,1-2H3. The molecule has 0 spiro atoms. The van der Waals surface area contributed by atoms with Crippen LogP contribution in [0.15, 0.2) is 36.4 Å². The van der Waals surface area contributed by atoms with E-state index in [2.05, 4.69) is 0 Å². The van der Waals surface area contributed by atoms with E-state index in [4.69, 9.17) is 0 Å². The Balaban J connectivity index is 2.11. The Kier molecular flexibility index (Phi) is 4.11. The minimum absolute atomic E-state index is 0.276. The average Bonchev–Trinajstić information content (AvgIpc) is 2.55. The third-order valence-corrected chi connectivity index (χ3v) is 4.99. The van der Waals surface area contributed by atoms with Crippen LogP contribution in [0.3, 0.4) is 0 Å². The van der Waals surface area contributed by atoms with Crippen molar-refractivity contribution < 1.29 is 18.0 Å². The fraction of sp³-hybridized carbons (Fsp3) is 0.316. The molecule has 0 bridgehead atoms. The van der Waals surface area contributed by atoms with Crippen LogP contribution in [0.5, 0.6) is 0 Å². The largest absolute Gasteiger partial charge is 0.308 e. The van der Waals surface area contributed by atoms with Gasteiger partial charge in [-0.05, 0) is 54.2 Å². The van der Waals surface area contributed by atoms with Crippen LogP contribution < -0.4 is 4.90 Å². The minimum atomic E-state index is -0.896. The molecule has 2 aromatic carbocycles. The van der Waals surface area contributed by atoms with Crippen LogP contribution in [-0.2, 0) is 5.41 Å². The van der Waals surface area contributed by atoms with Crippen LogP contribution in [-0.4, -0.2) is 12.5 Å². The summed E-state index contributed by atoms with van der Waals surface area (Å²) < 4.78 is 41.7. The Bertz CT molecular complexity index is 785. The smallest absolute Gasteiger partial charge is 0.264 e. The molecule has 5 heteroatoms. The van der Waals surface area contributed by atoms with Gasteiger partial charge in [-0.3, -0.25) is 4.79 Å². The van der Waals surface area contributed by atoms with Crippen LogP contribution in [0, 0.1) is 17.5 Å². The monoisotopic (exact) mass is 333 g/mol. The highest BCUT2D eigenvalue weighted by atomic mass is 19.1. The van der Waals surface area contributed by atoms with Gasteiger partial charge in [0.15, 0.2) is 0 Å². The normalized spacial score (nSPS) is 20.0. The lowest BCUT2D eigenvalue weighted by Crippen LogP contribution is -2.42. The quantitative estimate of drug-likeness (QED) is 0.771. The highest BCUT2D eigenvalue weighted by molar-refractivity contribution is 6.07. The molecule has 0 aliphatic carbocycles. The summed E-state index contributed by atoms with van der Waals surface area (Å²) in [5.41, 5.74) is 0.357. The second kappa shape index (κ2) is 5.96. The molecule has 0 saturated carbocycles. The van der Waals surface area contributed by atoms with Crippen molar-refractivity contribution >= 4 is 11.6 Å². The molecule has 1 amide bonds. The highest BCUT2D eigenvalue weighted by Gasteiger charge is 2.37. The average molecular weight is 333 g/mol. The van der Waals surface area contributed by atoms with Crippen LogP contribution in [0.2, 0.25) is 0 Å². The molecule has 0 radical (unpaired) electrons. The number of benzene rings is 2. The van der Waals surface area contributed by atoms with E-state index in [0.717, 1.165) is 18.6 Å². The number of amides is 1. The summed E-state index contributed by atoms with van der Waals surface area (Å²) in [6.07, 6.45) is 1.38. The number of nitrogens with zero attached hydrogens (tertiary/aromatic N) is 1. The Morgan fingerprint density at radius 2 is 1.83 bits per heavy atom. The molecule has 0 fully saturated rings. The third-order valence-electron chi connectivity index (χ3n) is 4.99. The molecule has 2 nitrogen and oxygen atoms in total. The van der Waals surface area contributed by atoms with Gasteiger partial charge in [0.1, 0.15) is 23.0 Å². The third kappa shape index (κ3) is 2.58. The van der Waals surface area contributed by atoms with E-state index in [1.807, 2.05) is 13.8 Å². The maximum absolute atomic E-state index is 14.0. The maximum Gasteiger partial charge on any atom is 0.264 e. The number of carbonyl (C=O) groups is 1. The number of hydrogen-bond acceptors (Lipinski definition) is 1. The lowest BCUT2D eigenvalue weighted by Gasteiger charge is -2.41. The molecule has 0 saturated heterocycles. The van der Waals surface area contributed by atoms with Gasteiger partial charge in [0.2, 0.25) is 0 Å². The number of hydrogen-bond donors (Lipinski definition) is 0. The van der Waals surface area contributed by atoms with E-state index in [1.165, 1.54) is 29.2 Å². The zero-order valence-electron chi connectivity index (χ0n) is 13.6. The first-order valence-electron chi connectivity index (χ1n) is 7.93. The summed E-state index contributed by atoms with van der Waals surface area (Å²) in [4.78, 5) is 14.1. The first-order valence-corrected chi connectivity index (χ1v) is 7.93. The van der Waals surface area contributed by atoms with Gasteiger partial charge in [-0.15, -0.1) is 0 Å². The molecule has 1 atom stereocenters. The van der Waals surface area contributed by atoms with Crippen LogP contribution in [0.4, 0.5) is 18.9 Å². The van der Waals surface area contributed by atoms with Gasteiger partial charge < -0.3 is 4.90 Å². The van der Waals surface area contributed by atoms with E-state index >= 15 is 0 Å². The van der Waals surface area contributed by atoms with Crippen molar-refractivity contribution in [3.05, 3.63) is 65.0 Å². The van der Waals surface area contributed by atoms with Gasteiger partial charge in [-0.2, -0.15) is 0 Å². The predicted molar refractivity (Wildman–Crippen MR) is 86.7 cm³/mol. The lowest BCUT2D eigenvalue weighted by atomic mass is 9.74. The van der Waals surface area contributed by atoms with Gasteiger partial charge in [0, 0.05) is 12.2 Å². The van der Waals surface area contributed by atoms with E-state index in [0.29, 0.717) is 24.2 Å². The zero-order valence-corrected chi connectivity index (χ0v) is 13.6. The summed E-state index contributed by atoms with van der Waals surface area (Å²) in [6, 6.07) is 7.52. The van der Waals surface area contributed by atoms with Gasteiger partial charge >= 0.3 is 0 Å². The number of halogens is 3. The number of rotatable bonds is 2. The van der Waals surface area contributed by atoms with Crippen LogP contribution in [0.25, 0.3) is 0 Å². The molecule has 0 N–H and O–H groups in total. The molecule has 1 aliphatic heterocycles. The van der Waals surface area contributed by atoms with Gasteiger partial charge in [-0.25, -0.2) is 13.2 Å². The Hall–Kier alpha value is -2.30. The molecule has 1 heterocycles. The molecule has 24 heavy (non-hydrogen) atoms. The minimum Gasteiger partial charge on any atom is -0.308 e. The second-order valence-electron chi connectivity index (χ2n) is 6.38. The highest BCUT2D eigenvalue weighted by Crippen LogP contribution is 2.43. The number of fused-ring (bicyclic) bond motifs is 1. The number of anilines is 1. The molecule has 0 aromatic heterocycles. The van der Waals surface area contributed by atoms with E-state index in [1.54, 1.807) is 0 Å². The van der Waals surface area contributed by atoms with Gasteiger partial charge in [0.25, 0.3) is 5.91 Å². The Morgan fingerprint density at radius 3 is 2.46 bits per heavy atom. The summed E-state index contributed by atoms with van der Waals surface area (Å²) in [6.45, 7) is 4.34. The van der Waals surface area contributed by atoms with E-state index < -0.39 is 23.1 Å². The number of carbonyl (C=O) groups excluding carboxylic acids is 1. The van der Waals surface area contributed by atoms with E-state index in [9.17, 15) is 18.0 Å². The van der Waals surface area contributed by atoms with Crippen molar-refractivity contribution in [3.63, 3.8) is 0 Å². The summed E-state index contributed by atoms with van der Waals surface area (Å²) in [5, 5.41) is 0. The topological polar surface area (TPSA) is 20.3 Å². The molecule has 2 aromatic rings. The van der Waals surface area contributed by atoms with Crippen molar-refractivity contribution in [2.75, 3.05) is 11.4 Å². The van der Waals surface area contributed by atoms with Crippen molar-refractivity contribution in [2.45, 2.75) is 32.1 Å². The Labute approximate surface area is 138 Å². The van der Waals surface area contributed by atoms with E-state index in [-0.39, 0.29) is 11.2 Å². The van der Waals surface area contributed by atoms with Crippen LogP contribution in [0.1, 0.15) is 42.6 Å². The first kappa shape index (κ1) is 16.6. The fourth-order valence-corrected chi connectivity index (χ4v) is 3.26. The van der Waals surface area contributed by atoms with Crippen LogP contribution >= 0.6 is 0 Å². The lowest BCUT2D eigenvalue weighted by molar-refractivity contribution is 0.0973. The summed E-state index contributed by atoms with van der Waals surface area (Å²) >= 11 is 0. The predicted octanol–water partition coefficient (Wildman–Crippen LogP) is 4.82. The maximum atomic E-state index is 14.0. The van der Waals surface area contributed by atoms with Crippen molar-refractivity contribution in [2.24, 2.45) is 0 Å². The van der Waals surface area contributed by atoms with Crippen molar-refractivity contribution in [3.8, 4) is 0 Å². The van der Waals surface area contributed by atoms with Crippen molar-refractivity contribution in [1.82, 2.24) is 0 Å². The molecule has 3 rings (SSSR count). The molecular formula is C19H18F3NO. The molecule has 126 valence electrons. The molecule has 1 unspecified atom stereocenters. The summed E-state index contributed by atoms with van der Waals surface area (Å²) in [5.74, 6) is -2.92. The summed E-state index contributed by atoms with van der Waals surface area (Å²) in [7, 11) is 0. The van der Waals surface area contributed by atoms with Gasteiger partial charge in [0.05, 0.1) is 0 Å². The Morgan fingerprint density at radius 1 is 1.17 bits per heavy atom. The second-order valence-corrected chi connectivity index (χ2v) is 6.38. The fourth-order valence-electron chi connectivity index (χ4n) is 3.26. The molecule has 1 aliphatic rings. The SMILES string of the molecule is CCC1(C)CCN(C(=O)c2c(F)cccc2F)c2ccc(F)cc21. The van der Waals surface area contributed by atoms with Crippen molar-refractivity contribution in [1.29, 1.82) is 0 Å².